The molecule has 1 saturated heterocycles. The number of ether oxygens (including phenoxy) is 1. The highest BCUT2D eigenvalue weighted by atomic mass is 32.2. The van der Waals surface area contributed by atoms with Gasteiger partial charge in [-0.1, -0.05) is 39.8 Å². The molecule has 3 heterocycles. The normalized spacial score (nSPS) is 17.8. The maximum absolute atomic E-state index is 13.4. The van der Waals surface area contributed by atoms with Gasteiger partial charge in [-0.05, 0) is 37.0 Å². The van der Waals surface area contributed by atoms with Crippen molar-refractivity contribution in [1.29, 1.82) is 5.26 Å². The van der Waals surface area contributed by atoms with Crippen molar-refractivity contribution >= 4 is 22.6 Å². The summed E-state index contributed by atoms with van der Waals surface area (Å²) in [7, 11) is 0.334. The number of aromatic nitrogens is 2. The Labute approximate surface area is 245 Å². The molecule has 3 aliphatic rings. The molecule has 1 saturated carbocycles. The van der Waals surface area contributed by atoms with Crippen LogP contribution < -0.4 is 5.32 Å². The molecule has 0 bridgehead atoms. The van der Waals surface area contributed by atoms with Gasteiger partial charge in [-0.2, -0.15) is 10.4 Å². The Balaban J connectivity index is 0.000000921. The van der Waals surface area contributed by atoms with Gasteiger partial charge < -0.3 is 20.1 Å². The number of aryl methyl sites for hydroxylation is 1. The Morgan fingerprint density at radius 2 is 1.78 bits per heavy atom. The van der Waals surface area contributed by atoms with Crippen LogP contribution in [-0.2, 0) is 35.5 Å². The number of fused-ring (bicyclic) bond motifs is 1. The molecule has 11 heteroatoms. The van der Waals surface area contributed by atoms with E-state index in [0.29, 0.717) is 36.3 Å². The first-order valence-corrected chi connectivity index (χ1v) is 15.2. The molecule has 2 N–H and O–H groups in total. The summed E-state index contributed by atoms with van der Waals surface area (Å²) in [5, 5.41) is 25.9. The zero-order valence-electron chi connectivity index (χ0n) is 24.9. The van der Waals surface area contributed by atoms with Crippen molar-refractivity contribution in [3.63, 3.8) is 0 Å². The molecule has 2 fully saturated rings. The number of hydrogen-bond donors (Lipinski definition) is 2. The molecule has 1 aromatic heterocycles. The predicted octanol–water partition coefficient (Wildman–Crippen LogP) is 3.12. The molecule has 2 aromatic rings. The number of benzene rings is 1. The number of nitrogens with zero attached hydrogens (tertiary/aromatic N) is 4. The summed E-state index contributed by atoms with van der Waals surface area (Å²) in [5.74, 6) is -0.583. The third-order valence-electron chi connectivity index (χ3n) is 7.11. The minimum absolute atomic E-state index is 0.192. The van der Waals surface area contributed by atoms with Gasteiger partial charge in [0, 0.05) is 43.0 Å². The standard InChI is InChI=1S/C24H27N5O5S.2C2H6.C2H4/c1-28-20-18(19(27-28)21(31)26-11-17-4-2-16(10-25)3-5-17)6-9-29(22(20)32)12-23(7-8-23)35(33)24(13-30)14-34-15-24;3*1-2/h2-5,30H,6-9,11-15H2,1H3,(H,26,31);2*1-2H3;1-2H2. The number of carbonyl (C=O) groups is 2. The highest BCUT2D eigenvalue weighted by molar-refractivity contribution is 7.88. The van der Waals surface area contributed by atoms with Crippen molar-refractivity contribution in [2.75, 3.05) is 32.9 Å². The van der Waals surface area contributed by atoms with E-state index < -0.39 is 20.3 Å². The highest BCUT2D eigenvalue weighted by Crippen LogP contribution is 2.48. The van der Waals surface area contributed by atoms with Crippen molar-refractivity contribution in [2.45, 2.75) is 63.0 Å². The number of hydrogen-bond acceptors (Lipinski definition) is 7. The molecule has 224 valence electrons. The van der Waals surface area contributed by atoms with Crippen LogP contribution in [0.3, 0.4) is 0 Å². The van der Waals surface area contributed by atoms with Crippen LogP contribution in [0.15, 0.2) is 37.4 Å². The fraction of sp³-hybridized carbons (Fsp3) is 0.533. The molecule has 2 amide bonds. The number of rotatable bonds is 8. The molecule has 41 heavy (non-hydrogen) atoms. The molecule has 1 aliphatic carbocycles. The van der Waals surface area contributed by atoms with Crippen LogP contribution in [0.5, 0.6) is 0 Å². The molecule has 2 aliphatic heterocycles. The van der Waals surface area contributed by atoms with E-state index in [-0.39, 0.29) is 43.9 Å². The summed E-state index contributed by atoms with van der Waals surface area (Å²) >= 11 is 0. The van der Waals surface area contributed by atoms with Gasteiger partial charge in [-0.15, -0.1) is 13.2 Å². The molecule has 0 radical (unpaired) electrons. The second-order valence-corrected chi connectivity index (χ2v) is 11.8. The van der Waals surface area contributed by atoms with Crippen molar-refractivity contribution in [1.82, 2.24) is 20.0 Å². The Morgan fingerprint density at radius 1 is 1.17 bits per heavy atom. The lowest BCUT2D eigenvalue weighted by atomic mass is 10.0. The van der Waals surface area contributed by atoms with E-state index in [1.54, 1.807) is 36.2 Å². The van der Waals surface area contributed by atoms with Crippen molar-refractivity contribution in [3.05, 3.63) is 65.5 Å². The van der Waals surface area contributed by atoms with Gasteiger partial charge in [0.1, 0.15) is 10.4 Å². The lowest BCUT2D eigenvalue weighted by molar-refractivity contribution is -0.0350. The van der Waals surface area contributed by atoms with Crippen molar-refractivity contribution in [3.8, 4) is 6.07 Å². The summed E-state index contributed by atoms with van der Waals surface area (Å²) in [4.78, 5) is 28.0. The maximum Gasteiger partial charge on any atom is 0.272 e. The molecule has 1 aromatic carbocycles. The molecule has 5 rings (SSSR count). The first-order chi connectivity index (χ1) is 19.8. The molecular weight excluding hydrogens is 542 g/mol. The SMILES string of the molecule is C=C.CC.CC.Cn1nc(C(=O)NCc2ccc(C#N)cc2)c2c1C(=O)N(CC1(S(=O)C3(CO)COC3)CC1)CC2. The topological polar surface area (TPSA) is 138 Å². The summed E-state index contributed by atoms with van der Waals surface area (Å²) in [6.07, 6.45) is 1.96. The van der Waals surface area contributed by atoms with Crippen molar-refractivity contribution < 1.29 is 23.6 Å². The van der Waals surface area contributed by atoms with Gasteiger partial charge in [0.2, 0.25) is 0 Å². The van der Waals surface area contributed by atoms with Gasteiger partial charge >= 0.3 is 0 Å². The third kappa shape index (κ3) is 6.94. The monoisotopic (exact) mass is 585 g/mol. The summed E-state index contributed by atoms with van der Waals surface area (Å²) in [6.45, 7) is 15.4. The minimum atomic E-state index is -1.31. The quantitative estimate of drug-likeness (QED) is 0.454. The van der Waals surface area contributed by atoms with Crippen LogP contribution >= 0.6 is 0 Å². The summed E-state index contributed by atoms with van der Waals surface area (Å²) in [6, 6.07) is 9.00. The van der Waals surface area contributed by atoms with Gasteiger partial charge in [-0.3, -0.25) is 18.5 Å². The van der Waals surface area contributed by atoms with E-state index in [1.165, 1.54) is 4.68 Å². The Morgan fingerprint density at radius 3 is 2.27 bits per heavy atom. The highest BCUT2D eigenvalue weighted by Gasteiger charge is 2.60. The molecule has 10 nitrogen and oxygen atoms in total. The summed E-state index contributed by atoms with van der Waals surface area (Å²) in [5.41, 5.74) is 2.64. The average molecular weight is 586 g/mol. The van der Waals surface area contributed by atoms with Gasteiger partial charge in [-0.25, -0.2) is 0 Å². The Hall–Kier alpha value is -3.33. The minimum Gasteiger partial charge on any atom is -0.395 e. The zero-order valence-corrected chi connectivity index (χ0v) is 25.7. The fourth-order valence-electron chi connectivity index (χ4n) is 4.80. The van der Waals surface area contributed by atoms with Crippen LogP contribution in [0, 0.1) is 11.3 Å². The van der Waals surface area contributed by atoms with E-state index in [1.807, 2.05) is 27.7 Å². The predicted molar refractivity (Wildman–Crippen MR) is 160 cm³/mol. The van der Waals surface area contributed by atoms with Crippen LogP contribution in [0.1, 0.15) is 78.2 Å². The van der Waals surface area contributed by atoms with Gasteiger partial charge in [0.15, 0.2) is 5.69 Å². The van der Waals surface area contributed by atoms with Crippen LogP contribution in [0.4, 0.5) is 0 Å². The smallest absolute Gasteiger partial charge is 0.272 e. The van der Waals surface area contributed by atoms with E-state index >= 15 is 0 Å². The van der Waals surface area contributed by atoms with E-state index in [0.717, 1.165) is 18.4 Å². The lowest BCUT2D eigenvalue weighted by Crippen LogP contribution is -2.60. The molecule has 0 spiro atoms. The summed E-state index contributed by atoms with van der Waals surface area (Å²) < 4.78 is 18.8. The largest absolute Gasteiger partial charge is 0.395 e. The van der Waals surface area contributed by atoms with Gasteiger partial charge in [0.25, 0.3) is 11.8 Å². The van der Waals surface area contributed by atoms with E-state index in [4.69, 9.17) is 10.00 Å². The van der Waals surface area contributed by atoms with Crippen LogP contribution in [0.2, 0.25) is 0 Å². The molecule has 1 unspecified atom stereocenters. The first kappa shape index (κ1) is 33.9. The van der Waals surface area contributed by atoms with Crippen LogP contribution in [-0.4, -0.2) is 78.2 Å². The lowest BCUT2D eigenvalue weighted by Gasteiger charge is -2.42. The zero-order chi connectivity index (χ0) is 30.8. The van der Waals surface area contributed by atoms with Gasteiger partial charge in [0.05, 0.1) is 36.2 Å². The molecule has 1 atom stereocenters. The fourth-order valence-corrected chi connectivity index (χ4v) is 6.96. The second-order valence-electron chi connectivity index (χ2n) is 9.55. The maximum atomic E-state index is 13.4. The Kier molecular flexibility index (Phi) is 12.4. The second kappa shape index (κ2) is 15.1. The number of carbonyl (C=O) groups excluding carboxylic acids is 2. The van der Waals surface area contributed by atoms with Crippen LogP contribution in [0.25, 0.3) is 0 Å². The Bertz CT molecular complexity index is 1250. The van der Waals surface area contributed by atoms with E-state index in [2.05, 4.69) is 29.6 Å². The number of aliphatic hydroxyl groups is 1. The number of amides is 2. The van der Waals surface area contributed by atoms with E-state index in [9.17, 15) is 18.9 Å². The number of nitrogens with one attached hydrogen (secondary N) is 1. The third-order valence-corrected chi connectivity index (χ3v) is 9.58. The first-order valence-electron chi connectivity index (χ1n) is 14.1. The average Bonchev–Trinajstić information content (AvgIpc) is 3.71. The van der Waals surface area contributed by atoms with Crippen molar-refractivity contribution in [2.24, 2.45) is 7.05 Å². The molecular formula is C30H43N5O5S. The number of nitriles is 1. The number of aliphatic hydroxyl groups excluding tert-OH is 1.